The summed E-state index contributed by atoms with van der Waals surface area (Å²) in [6.45, 7) is 6.87. The van der Waals surface area contributed by atoms with Gasteiger partial charge in [-0.05, 0) is 36.7 Å². The van der Waals surface area contributed by atoms with Crippen molar-refractivity contribution in [3.63, 3.8) is 0 Å². The molecule has 114 valence electrons. The van der Waals surface area contributed by atoms with E-state index in [1.54, 1.807) is 6.26 Å². The molecule has 0 radical (unpaired) electrons. The van der Waals surface area contributed by atoms with Gasteiger partial charge in [0.05, 0.1) is 12.8 Å². The molecule has 0 atom stereocenters. The fourth-order valence-electron chi connectivity index (χ4n) is 2.29. The van der Waals surface area contributed by atoms with Gasteiger partial charge in [0, 0.05) is 29.9 Å². The Morgan fingerprint density at radius 3 is 2.71 bits per heavy atom. The lowest BCUT2D eigenvalue weighted by atomic mass is 10.1. The predicted molar refractivity (Wildman–Crippen MR) is 88.8 cm³/mol. The van der Waals surface area contributed by atoms with Crippen molar-refractivity contribution in [3.05, 3.63) is 52.9 Å². The average molecular weight is 307 g/mol. The number of hydrogen-bond donors (Lipinski definition) is 1. The summed E-state index contributed by atoms with van der Waals surface area (Å²) in [5.74, 6) is 1.57. The summed E-state index contributed by atoms with van der Waals surface area (Å²) < 4.78 is 5.42. The number of anilines is 1. The van der Waals surface area contributed by atoms with Gasteiger partial charge in [-0.3, -0.25) is 0 Å². The highest BCUT2D eigenvalue weighted by Crippen LogP contribution is 2.28. The molecule has 0 aliphatic heterocycles. The first-order valence-electron chi connectivity index (χ1n) is 7.29. The van der Waals surface area contributed by atoms with Crippen LogP contribution in [0, 0.1) is 5.92 Å². The maximum Gasteiger partial charge on any atom is 0.123 e. The molecular formula is C17H23ClN2O. The summed E-state index contributed by atoms with van der Waals surface area (Å²) >= 11 is 6.38. The molecule has 1 N–H and O–H groups in total. The van der Waals surface area contributed by atoms with E-state index in [9.17, 15) is 0 Å². The molecule has 1 aromatic carbocycles. The lowest BCUT2D eigenvalue weighted by molar-refractivity contribution is 0.507. The van der Waals surface area contributed by atoms with Gasteiger partial charge in [-0.25, -0.2) is 0 Å². The summed E-state index contributed by atoms with van der Waals surface area (Å²) in [5, 5.41) is 4.26. The summed E-state index contributed by atoms with van der Waals surface area (Å²) in [6.07, 6.45) is 1.70. The molecular weight excluding hydrogens is 284 g/mol. The van der Waals surface area contributed by atoms with E-state index in [1.807, 2.05) is 24.3 Å². The van der Waals surface area contributed by atoms with Crippen molar-refractivity contribution in [3.8, 4) is 0 Å². The van der Waals surface area contributed by atoms with E-state index in [1.165, 1.54) is 0 Å². The van der Waals surface area contributed by atoms with Crippen LogP contribution in [0.25, 0.3) is 0 Å². The number of nitrogens with zero attached hydrogens (tertiary/aromatic N) is 1. The Balaban J connectivity index is 2.12. The number of furan rings is 1. The first-order valence-corrected chi connectivity index (χ1v) is 7.67. The Hall–Kier alpha value is -1.45. The summed E-state index contributed by atoms with van der Waals surface area (Å²) in [4.78, 5) is 2.16. The molecule has 2 aromatic rings. The molecule has 1 aromatic heterocycles. The highest BCUT2D eigenvalue weighted by molar-refractivity contribution is 6.31. The fraction of sp³-hybridized carbons (Fsp3) is 0.412. The van der Waals surface area contributed by atoms with Crippen LogP contribution < -0.4 is 10.2 Å². The number of halogens is 1. The van der Waals surface area contributed by atoms with Gasteiger partial charge >= 0.3 is 0 Å². The maximum atomic E-state index is 6.38. The molecule has 0 aliphatic carbocycles. The third-order valence-electron chi connectivity index (χ3n) is 3.33. The van der Waals surface area contributed by atoms with Crippen molar-refractivity contribution in [1.29, 1.82) is 0 Å². The molecule has 21 heavy (non-hydrogen) atoms. The van der Waals surface area contributed by atoms with Crippen LogP contribution in [0.1, 0.15) is 25.2 Å². The molecule has 0 aliphatic rings. The summed E-state index contributed by atoms with van der Waals surface area (Å²) in [6, 6.07) is 9.92. The second-order valence-corrected chi connectivity index (χ2v) is 6.10. The van der Waals surface area contributed by atoms with Gasteiger partial charge < -0.3 is 14.6 Å². The fourth-order valence-corrected chi connectivity index (χ4v) is 2.52. The topological polar surface area (TPSA) is 28.4 Å². The Morgan fingerprint density at radius 2 is 2.05 bits per heavy atom. The van der Waals surface area contributed by atoms with E-state index in [4.69, 9.17) is 16.0 Å². The van der Waals surface area contributed by atoms with Crippen LogP contribution in [0.4, 0.5) is 5.69 Å². The lowest BCUT2D eigenvalue weighted by Gasteiger charge is -2.23. The van der Waals surface area contributed by atoms with Gasteiger partial charge in [-0.2, -0.15) is 0 Å². The van der Waals surface area contributed by atoms with Gasteiger partial charge in [-0.15, -0.1) is 0 Å². The first-order chi connectivity index (χ1) is 10.1. The minimum atomic E-state index is 0.622. The Morgan fingerprint density at radius 1 is 1.24 bits per heavy atom. The summed E-state index contributed by atoms with van der Waals surface area (Å²) in [5.41, 5.74) is 2.27. The van der Waals surface area contributed by atoms with Crippen molar-refractivity contribution in [2.75, 3.05) is 18.5 Å². The van der Waals surface area contributed by atoms with Crippen LogP contribution in [0.3, 0.4) is 0 Å². The number of rotatable bonds is 7. The molecule has 0 spiro atoms. The molecule has 0 amide bonds. The van der Waals surface area contributed by atoms with Crippen LogP contribution in [0.15, 0.2) is 41.0 Å². The molecule has 0 bridgehead atoms. The second-order valence-electron chi connectivity index (χ2n) is 5.70. The second kappa shape index (κ2) is 7.53. The quantitative estimate of drug-likeness (QED) is 0.826. The minimum absolute atomic E-state index is 0.622. The van der Waals surface area contributed by atoms with Crippen LogP contribution in [0.2, 0.25) is 5.02 Å². The molecule has 1 heterocycles. The highest BCUT2D eigenvalue weighted by Gasteiger charge is 2.12. The van der Waals surface area contributed by atoms with Gasteiger partial charge in [0.25, 0.3) is 0 Å². The van der Waals surface area contributed by atoms with Crippen LogP contribution >= 0.6 is 11.6 Å². The van der Waals surface area contributed by atoms with Crippen molar-refractivity contribution < 1.29 is 4.42 Å². The number of hydrogen-bond acceptors (Lipinski definition) is 3. The van der Waals surface area contributed by atoms with Gasteiger partial charge in [-0.1, -0.05) is 31.5 Å². The van der Waals surface area contributed by atoms with Gasteiger partial charge in [0.2, 0.25) is 0 Å². The van der Waals surface area contributed by atoms with Crippen molar-refractivity contribution in [2.45, 2.75) is 26.9 Å². The standard InChI is InChI=1S/C17H23ClN2O/c1-13(2)10-19-11-15-16(18)7-4-8-17(15)20(3)12-14-6-5-9-21-14/h4-9,13,19H,10-12H2,1-3H3. The van der Waals surface area contributed by atoms with Gasteiger partial charge in [0.1, 0.15) is 5.76 Å². The van der Waals surface area contributed by atoms with E-state index >= 15 is 0 Å². The zero-order chi connectivity index (χ0) is 15.2. The average Bonchev–Trinajstić information content (AvgIpc) is 2.93. The monoisotopic (exact) mass is 306 g/mol. The van der Waals surface area contributed by atoms with Crippen molar-refractivity contribution in [1.82, 2.24) is 5.32 Å². The van der Waals surface area contributed by atoms with E-state index in [2.05, 4.69) is 37.2 Å². The van der Waals surface area contributed by atoms with E-state index < -0.39 is 0 Å². The van der Waals surface area contributed by atoms with Gasteiger partial charge in [0.15, 0.2) is 0 Å². The minimum Gasteiger partial charge on any atom is -0.467 e. The molecule has 0 fully saturated rings. The molecule has 0 unspecified atom stereocenters. The third kappa shape index (κ3) is 4.51. The Bertz CT molecular complexity index is 552. The SMILES string of the molecule is CC(C)CNCc1c(Cl)cccc1N(C)Cc1ccco1. The van der Waals surface area contributed by atoms with E-state index in [0.717, 1.165) is 41.7 Å². The molecule has 2 rings (SSSR count). The third-order valence-corrected chi connectivity index (χ3v) is 3.69. The maximum absolute atomic E-state index is 6.38. The van der Waals surface area contributed by atoms with Crippen molar-refractivity contribution in [2.24, 2.45) is 5.92 Å². The van der Waals surface area contributed by atoms with E-state index in [-0.39, 0.29) is 0 Å². The lowest BCUT2D eigenvalue weighted by Crippen LogP contribution is -2.23. The first kappa shape index (κ1) is 15.9. The highest BCUT2D eigenvalue weighted by atomic mass is 35.5. The molecule has 3 nitrogen and oxygen atoms in total. The number of nitrogens with one attached hydrogen (secondary N) is 1. The van der Waals surface area contributed by atoms with Crippen LogP contribution in [-0.4, -0.2) is 13.6 Å². The molecule has 0 saturated heterocycles. The summed E-state index contributed by atoms with van der Waals surface area (Å²) in [7, 11) is 2.06. The molecule has 4 heteroatoms. The smallest absolute Gasteiger partial charge is 0.123 e. The Labute approximate surface area is 131 Å². The Kier molecular flexibility index (Phi) is 5.71. The zero-order valence-corrected chi connectivity index (χ0v) is 13.7. The largest absolute Gasteiger partial charge is 0.467 e. The van der Waals surface area contributed by atoms with E-state index in [0.29, 0.717) is 5.92 Å². The van der Waals surface area contributed by atoms with Crippen LogP contribution in [0.5, 0.6) is 0 Å². The molecule has 0 saturated carbocycles. The number of benzene rings is 1. The normalized spacial score (nSPS) is 11.1. The van der Waals surface area contributed by atoms with Crippen LogP contribution in [-0.2, 0) is 13.1 Å². The van der Waals surface area contributed by atoms with Crippen molar-refractivity contribution >= 4 is 17.3 Å². The zero-order valence-electron chi connectivity index (χ0n) is 12.9. The predicted octanol–water partition coefficient (Wildman–Crippen LogP) is 4.32.